The number of pyridine rings is 1. The zero-order valence-electron chi connectivity index (χ0n) is 7.37. The first-order valence-electron chi connectivity index (χ1n) is 3.94. The number of hydrogen-bond donors (Lipinski definition) is 1. The topological polar surface area (TPSA) is 55.0 Å². The Balaban J connectivity index is 2.72. The van der Waals surface area contributed by atoms with Gasteiger partial charge in [0.15, 0.2) is 5.69 Å². The summed E-state index contributed by atoms with van der Waals surface area (Å²) in [6.07, 6.45) is 1.72. The van der Waals surface area contributed by atoms with E-state index < -0.39 is 5.97 Å². The summed E-state index contributed by atoms with van der Waals surface area (Å²) in [6.45, 7) is 0. The Morgan fingerprint density at radius 3 is 3.14 bits per heavy atom. The Labute approximate surface area is 84.9 Å². The first-order valence-corrected chi connectivity index (χ1v) is 4.32. The predicted molar refractivity (Wildman–Crippen MR) is 52.4 cm³/mol. The number of nitrogens with one attached hydrogen (secondary N) is 1. The molecule has 0 atom stereocenters. The second-order valence-corrected chi connectivity index (χ2v) is 3.11. The molecule has 2 aromatic rings. The monoisotopic (exact) mass is 210 g/mol. The second-order valence-electron chi connectivity index (χ2n) is 2.72. The number of esters is 1. The number of methoxy groups -OCH3 is 1. The highest BCUT2D eigenvalue weighted by Gasteiger charge is 2.13. The summed E-state index contributed by atoms with van der Waals surface area (Å²) >= 11 is 5.74. The molecule has 0 aliphatic rings. The molecular weight excluding hydrogens is 204 g/mol. The number of aromatic nitrogens is 2. The van der Waals surface area contributed by atoms with Gasteiger partial charge in [0.1, 0.15) is 5.15 Å². The number of fused-ring (bicyclic) bond motifs is 1. The fraction of sp³-hybridized carbons (Fsp3) is 0.111. The molecule has 0 aliphatic carbocycles. The lowest BCUT2D eigenvalue weighted by Gasteiger charge is -2.00. The molecule has 0 fully saturated rings. The summed E-state index contributed by atoms with van der Waals surface area (Å²) < 4.78 is 4.59. The third kappa shape index (κ3) is 1.33. The van der Waals surface area contributed by atoms with E-state index in [0.29, 0.717) is 5.39 Å². The first-order chi connectivity index (χ1) is 6.72. The van der Waals surface area contributed by atoms with Crippen LogP contribution in [-0.2, 0) is 4.74 Å². The molecule has 4 nitrogen and oxygen atoms in total. The van der Waals surface area contributed by atoms with E-state index in [4.69, 9.17) is 11.6 Å². The maximum atomic E-state index is 11.3. The van der Waals surface area contributed by atoms with Gasteiger partial charge in [0.05, 0.1) is 12.6 Å². The molecule has 2 heterocycles. The van der Waals surface area contributed by atoms with Gasteiger partial charge in [-0.25, -0.2) is 9.78 Å². The number of rotatable bonds is 1. The molecule has 2 rings (SSSR count). The van der Waals surface area contributed by atoms with Gasteiger partial charge >= 0.3 is 5.97 Å². The zero-order valence-corrected chi connectivity index (χ0v) is 8.13. The molecular formula is C9H7ClN2O2. The maximum absolute atomic E-state index is 11.3. The molecule has 0 aliphatic heterocycles. The fourth-order valence-electron chi connectivity index (χ4n) is 1.28. The molecule has 0 unspecified atom stereocenters. The molecule has 0 radical (unpaired) electrons. The minimum absolute atomic E-state index is 0.233. The van der Waals surface area contributed by atoms with Gasteiger partial charge in [0, 0.05) is 11.6 Å². The molecule has 0 saturated heterocycles. The summed E-state index contributed by atoms with van der Waals surface area (Å²) in [5.74, 6) is -0.489. The lowest BCUT2D eigenvalue weighted by Crippen LogP contribution is -2.04. The van der Waals surface area contributed by atoms with Crippen molar-refractivity contribution in [1.82, 2.24) is 9.97 Å². The summed E-state index contributed by atoms with van der Waals surface area (Å²) in [5, 5.41) is 0.974. The van der Waals surface area contributed by atoms with Crippen molar-refractivity contribution >= 4 is 28.5 Å². The van der Waals surface area contributed by atoms with E-state index in [2.05, 4.69) is 14.7 Å². The Morgan fingerprint density at radius 1 is 1.64 bits per heavy atom. The maximum Gasteiger partial charge on any atom is 0.357 e. The molecule has 0 aromatic carbocycles. The Bertz CT molecular complexity index is 493. The molecule has 2 aromatic heterocycles. The van der Waals surface area contributed by atoms with E-state index in [9.17, 15) is 4.79 Å². The number of aromatic amines is 1. The van der Waals surface area contributed by atoms with Crippen LogP contribution in [0.2, 0.25) is 5.15 Å². The van der Waals surface area contributed by atoms with Gasteiger partial charge in [-0.2, -0.15) is 0 Å². The van der Waals surface area contributed by atoms with E-state index in [1.165, 1.54) is 7.11 Å². The average Bonchev–Trinajstić information content (AvgIpc) is 2.62. The van der Waals surface area contributed by atoms with Crippen LogP contribution in [0.4, 0.5) is 0 Å². The van der Waals surface area contributed by atoms with E-state index in [1.807, 2.05) is 0 Å². The zero-order chi connectivity index (χ0) is 10.1. The van der Waals surface area contributed by atoms with Crippen molar-refractivity contribution < 1.29 is 9.53 Å². The summed E-state index contributed by atoms with van der Waals surface area (Å²) in [5.41, 5.74) is 1.00. The van der Waals surface area contributed by atoms with Crippen LogP contribution < -0.4 is 0 Å². The SMILES string of the molecule is COC(=O)c1nc(Cl)cc2[nH]ccc12. The number of carbonyl (C=O) groups excluding carboxylic acids is 1. The van der Waals surface area contributed by atoms with E-state index in [0.717, 1.165) is 5.52 Å². The second kappa shape index (κ2) is 3.31. The molecule has 0 bridgehead atoms. The number of carbonyl (C=O) groups is 1. The molecule has 0 spiro atoms. The van der Waals surface area contributed by atoms with Crippen molar-refractivity contribution in [1.29, 1.82) is 0 Å². The van der Waals surface area contributed by atoms with E-state index in [1.54, 1.807) is 18.3 Å². The van der Waals surface area contributed by atoms with Crippen molar-refractivity contribution in [2.24, 2.45) is 0 Å². The predicted octanol–water partition coefficient (Wildman–Crippen LogP) is 2.00. The molecule has 0 saturated carbocycles. The normalized spacial score (nSPS) is 10.4. The Morgan fingerprint density at radius 2 is 2.43 bits per heavy atom. The van der Waals surface area contributed by atoms with Gasteiger partial charge in [-0.1, -0.05) is 11.6 Å². The van der Waals surface area contributed by atoms with Crippen molar-refractivity contribution in [2.75, 3.05) is 7.11 Å². The largest absolute Gasteiger partial charge is 0.464 e. The molecule has 14 heavy (non-hydrogen) atoms. The van der Waals surface area contributed by atoms with Gasteiger partial charge in [0.2, 0.25) is 0 Å². The molecule has 5 heteroatoms. The lowest BCUT2D eigenvalue weighted by atomic mass is 10.2. The highest BCUT2D eigenvalue weighted by Crippen LogP contribution is 2.20. The number of halogens is 1. The highest BCUT2D eigenvalue weighted by atomic mass is 35.5. The minimum atomic E-state index is -0.489. The summed E-state index contributed by atoms with van der Waals surface area (Å²) in [7, 11) is 1.31. The van der Waals surface area contributed by atoms with Crippen molar-refractivity contribution in [3.63, 3.8) is 0 Å². The number of hydrogen-bond acceptors (Lipinski definition) is 3. The number of ether oxygens (including phenoxy) is 1. The summed E-state index contributed by atoms with van der Waals surface area (Å²) in [4.78, 5) is 18.2. The Kier molecular flexibility index (Phi) is 2.13. The van der Waals surface area contributed by atoms with Gasteiger partial charge in [0.25, 0.3) is 0 Å². The van der Waals surface area contributed by atoms with Crippen molar-refractivity contribution in [2.45, 2.75) is 0 Å². The van der Waals surface area contributed by atoms with Crippen LogP contribution in [0.25, 0.3) is 10.9 Å². The average molecular weight is 211 g/mol. The van der Waals surface area contributed by atoms with Crippen LogP contribution in [0.15, 0.2) is 18.3 Å². The van der Waals surface area contributed by atoms with Crippen molar-refractivity contribution in [3.05, 3.63) is 29.2 Å². The van der Waals surface area contributed by atoms with E-state index >= 15 is 0 Å². The van der Waals surface area contributed by atoms with Crippen LogP contribution in [0, 0.1) is 0 Å². The quantitative estimate of drug-likeness (QED) is 0.579. The standard InChI is InChI=1S/C9H7ClN2O2/c1-14-9(13)8-5-2-3-11-6(5)4-7(10)12-8/h2-4,11H,1H3. The lowest BCUT2D eigenvalue weighted by molar-refractivity contribution is 0.0596. The summed E-state index contributed by atoms with van der Waals surface area (Å²) in [6, 6.07) is 3.41. The van der Waals surface area contributed by atoms with Crippen LogP contribution >= 0.6 is 11.6 Å². The Hall–Kier alpha value is -1.55. The van der Waals surface area contributed by atoms with Gasteiger partial charge in [-0.3, -0.25) is 0 Å². The minimum Gasteiger partial charge on any atom is -0.464 e. The van der Waals surface area contributed by atoms with Crippen LogP contribution in [0.1, 0.15) is 10.5 Å². The van der Waals surface area contributed by atoms with Crippen LogP contribution in [-0.4, -0.2) is 23.0 Å². The van der Waals surface area contributed by atoms with Crippen LogP contribution in [0.5, 0.6) is 0 Å². The van der Waals surface area contributed by atoms with Gasteiger partial charge < -0.3 is 9.72 Å². The van der Waals surface area contributed by atoms with Gasteiger partial charge in [-0.15, -0.1) is 0 Å². The third-order valence-electron chi connectivity index (χ3n) is 1.89. The van der Waals surface area contributed by atoms with Crippen LogP contribution in [0.3, 0.4) is 0 Å². The fourth-order valence-corrected chi connectivity index (χ4v) is 1.47. The first kappa shape index (κ1) is 9.02. The van der Waals surface area contributed by atoms with Crippen molar-refractivity contribution in [3.8, 4) is 0 Å². The smallest absolute Gasteiger partial charge is 0.357 e. The highest BCUT2D eigenvalue weighted by molar-refractivity contribution is 6.30. The molecule has 72 valence electrons. The molecule has 1 N–H and O–H groups in total. The third-order valence-corrected chi connectivity index (χ3v) is 2.09. The number of H-pyrrole nitrogens is 1. The van der Waals surface area contributed by atoms with Gasteiger partial charge in [-0.05, 0) is 12.1 Å². The number of nitrogens with zero attached hydrogens (tertiary/aromatic N) is 1. The molecule has 0 amide bonds. The van der Waals surface area contributed by atoms with E-state index in [-0.39, 0.29) is 10.8 Å².